The molecule has 0 bridgehead atoms. The highest BCUT2D eigenvalue weighted by Crippen LogP contribution is 2.27. The predicted molar refractivity (Wildman–Crippen MR) is 106 cm³/mol. The van der Waals surface area contributed by atoms with Crippen LogP contribution >= 0.6 is 0 Å². The fourth-order valence-electron chi connectivity index (χ4n) is 3.37. The monoisotopic (exact) mass is 375 g/mol. The average Bonchev–Trinajstić information content (AvgIpc) is 3.21. The van der Waals surface area contributed by atoms with Gasteiger partial charge in [0.05, 0.1) is 6.54 Å². The lowest BCUT2D eigenvalue weighted by atomic mass is 9.89. The van der Waals surface area contributed by atoms with Gasteiger partial charge in [0.1, 0.15) is 12.7 Å². The number of hydrogen-bond acceptors (Lipinski definition) is 4. The summed E-state index contributed by atoms with van der Waals surface area (Å²) in [6.45, 7) is 0.631. The van der Waals surface area contributed by atoms with Crippen LogP contribution < -0.4 is 10.6 Å². The summed E-state index contributed by atoms with van der Waals surface area (Å²) in [5.74, 6) is -0.273. The van der Waals surface area contributed by atoms with E-state index in [2.05, 4.69) is 20.7 Å². The minimum Gasteiger partial charge on any atom is -0.326 e. The van der Waals surface area contributed by atoms with Gasteiger partial charge in [-0.2, -0.15) is 5.10 Å². The summed E-state index contributed by atoms with van der Waals surface area (Å²) in [7, 11) is 0. The first-order chi connectivity index (χ1) is 13.7. The van der Waals surface area contributed by atoms with E-state index in [4.69, 9.17) is 0 Å². The number of nitrogens with zero attached hydrogens (tertiary/aromatic N) is 3. The van der Waals surface area contributed by atoms with Crippen LogP contribution in [-0.2, 0) is 22.6 Å². The molecule has 1 aliphatic rings. The number of rotatable bonds is 6. The van der Waals surface area contributed by atoms with Crippen LogP contribution in [0.2, 0.25) is 0 Å². The number of amides is 2. The zero-order valence-corrected chi connectivity index (χ0v) is 15.3. The van der Waals surface area contributed by atoms with Crippen LogP contribution in [0, 0.1) is 5.92 Å². The van der Waals surface area contributed by atoms with Crippen molar-refractivity contribution in [1.82, 2.24) is 14.8 Å². The van der Waals surface area contributed by atoms with Crippen LogP contribution in [0.5, 0.6) is 0 Å². The summed E-state index contributed by atoms with van der Waals surface area (Å²) in [6, 6.07) is 15.4. The molecule has 2 aromatic carbocycles. The second-order valence-electron chi connectivity index (χ2n) is 6.92. The Kier molecular flexibility index (Phi) is 5.14. The van der Waals surface area contributed by atoms with E-state index in [1.54, 1.807) is 11.0 Å². The number of anilines is 2. The summed E-state index contributed by atoms with van der Waals surface area (Å²) in [5.41, 5.74) is 3.81. The average molecular weight is 375 g/mol. The second kappa shape index (κ2) is 8.04. The lowest BCUT2D eigenvalue weighted by Crippen LogP contribution is -2.30. The second-order valence-corrected chi connectivity index (χ2v) is 6.92. The van der Waals surface area contributed by atoms with E-state index >= 15 is 0 Å². The van der Waals surface area contributed by atoms with Crippen LogP contribution in [0.25, 0.3) is 0 Å². The molecule has 0 radical (unpaired) electrons. The minimum atomic E-state index is -0.175. The Hall–Kier alpha value is -3.48. The van der Waals surface area contributed by atoms with Gasteiger partial charge in [-0.3, -0.25) is 9.59 Å². The number of carbonyl (C=O) groups excluding carboxylic acids is 2. The van der Waals surface area contributed by atoms with E-state index < -0.39 is 0 Å². The molecule has 2 amide bonds. The lowest BCUT2D eigenvalue weighted by molar-refractivity contribution is -0.121. The topological polar surface area (TPSA) is 88.9 Å². The van der Waals surface area contributed by atoms with Crippen LogP contribution in [-0.4, -0.2) is 26.6 Å². The highest BCUT2D eigenvalue weighted by atomic mass is 16.2. The maximum atomic E-state index is 12.3. The van der Waals surface area contributed by atoms with Crippen LogP contribution in [0.15, 0.2) is 61.2 Å². The van der Waals surface area contributed by atoms with Gasteiger partial charge in [0.15, 0.2) is 0 Å². The van der Waals surface area contributed by atoms with Gasteiger partial charge in [-0.25, -0.2) is 9.67 Å². The quantitative estimate of drug-likeness (QED) is 0.693. The van der Waals surface area contributed by atoms with Crippen molar-refractivity contribution in [2.45, 2.75) is 25.8 Å². The maximum absolute atomic E-state index is 12.3. The van der Waals surface area contributed by atoms with Gasteiger partial charge < -0.3 is 10.6 Å². The Morgan fingerprint density at radius 2 is 2.00 bits per heavy atom. The molecular weight excluding hydrogens is 354 g/mol. The molecule has 1 atom stereocenters. The third kappa shape index (κ3) is 4.25. The normalized spacial score (nSPS) is 15.6. The minimum absolute atomic E-state index is 0.0102. The summed E-state index contributed by atoms with van der Waals surface area (Å²) < 4.78 is 1.74. The third-order valence-corrected chi connectivity index (χ3v) is 4.88. The first-order valence-corrected chi connectivity index (χ1v) is 9.27. The number of aromatic nitrogens is 3. The molecule has 7 nitrogen and oxygen atoms in total. The molecule has 7 heteroatoms. The highest BCUT2D eigenvalue weighted by molar-refractivity contribution is 5.96. The van der Waals surface area contributed by atoms with Crippen LogP contribution in [0.4, 0.5) is 11.4 Å². The number of benzene rings is 2. The number of fused-ring (bicyclic) bond motifs is 1. The van der Waals surface area contributed by atoms with Crippen molar-refractivity contribution in [1.29, 1.82) is 0 Å². The zero-order valence-electron chi connectivity index (χ0n) is 15.3. The summed E-state index contributed by atoms with van der Waals surface area (Å²) in [6.07, 6.45) is 4.67. The fraction of sp³-hybridized carbons (Fsp3) is 0.238. The molecular formula is C21H21N5O2. The number of nitrogens with one attached hydrogen (secondary N) is 2. The van der Waals surface area contributed by atoms with Crippen molar-refractivity contribution in [3.63, 3.8) is 0 Å². The SMILES string of the molecule is O=C(CCC1Cc2ccccc2NC1=O)Nc1ccc(Cn2cncn2)cc1. The van der Waals surface area contributed by atoms with E-state index in [1.165, 1.54) is 6.33 Å². The lowest BCUT2D eigenvalue weighted by Gasteiger charge is -2.24. The van der Waals surface area contributed by atoms with Crippen molar-refractivity contribution in [2.24, 2.45) is 5.92 Å². The molecule has 1 aromatic heterocycles. The molecule has 28 heavy (non-hydrogen) atoms. The molecule has 1 aliphatic heterocycles. The van der Waals surface area contributed by atoms with Gasteiger partial charge in [-0.15, -0.1) is 0 Å². The Morgan fingerprint density at radius 1 is 1.18 bits per heavy atom. The van der Waals surface area contributed by atoms with E-state index in [-0.39, 0.29) is 17.7 Å². The van der Waals surface area contributed by atoms with Crippen molar-refractivity contribution < 1.29 is 9.59 Å². The van der Waals surface area contributed by atoms with E-state index in [0.29, 0.717) is 25.8 Å². The Bertz CT molecular complexity index is 967. The number of hydrogen-bond donors (Lipinski definition) is 2. The molecule has 0 saturated carbocycles. The maximum Gasteiger partial charge on any atom is 0.227 e. The predicted octanol–water partition coefficient (Wildman–Crippen LogP) is 2.86. The Labute approximate surface area is 162 Å². The first-order valence-electron chi connectivity index (χ1n) is 9.27. The summed E-state index contributed by atoms with van der Waals surface area (Å²) in [5, 5.41) is 9.90. The van der Waals surface area contributed by atoms with Gasteiger partial charge in [0.25, 0.3) is 0 Å². The van der Waals surface area contributed by atoms with E-state index in [9.17, 15) is 9.59 Å². The van der Waals surface area contributed by atoms with Crippen LogP contribution in [0.3, 0.4) is 0 Å². The third-order valence-electron chi connectivity index (χ3n) is 4.88. The molecule has 3 aromatic rings. The first kappa shape index (κ1) is 17.9. The molecule has 2 N–H and O–H groups in total. The Morgan fingerprint density at radius 3 is 2.79 bits per heavy atom. The fourth-order valence-corrected chi connectivity index (χ4v) is 3.37. The standard InChI is InChI=1S/C21H21N5O2/c27-20(10-7-17-11-16-3-1-2-4-19(16)25-21(17)28)24-18-8-5-15(6-9-18)12-26-14-22-13-23-26/h1-6,8-9,13-14,17H,7,10-12H2,(H,24,27)(H,25,28). The van der Waals surface area contributed by atoms with Crippen LogP contribution in [0.1, 0.15) is 24.0 Å². The highest BCUT2D eigenvalue weighted by Gasteiger charge is 2.26. The molecule has 142 valence electrons. The molecule has 0 aliphatic carbocycles. The van der Waals surface area contributed by atoms with E-state index in [1.807, 2.05) is 48.5 Å². The van der Waals surface area contributed by atoms with E-state index in [0.717, 1.165) is 22.5 Å². The number of carbonyl (C=O) groups is 2. The van der Waals surface area contributed by atoms with Gasteiger partial charge in [-0.1, -0.05) is 30.3 Å². The van der Waals surface area contributed by atoms with Crippen molar-refractivity contribution in [3.8, 4) is 0 Å². The van der Waals surface area contributed by atoms with Gasteiger partial charge in [0.2, 0.25) is 11.8 Å². The molecule has 1 unspecified atom stereocenters. The molecule has 4 rings (SSSR count). The Balaban J connectivity index is 1.28. The van der Waals surface area contributed by atoms with Crippen molar-refractivity contribution in [3.05, 3.63) is 72.3 Å². The smallest absolute Gasteiger partial charge is 0.227 e. The summed E-state index contributed by atoms with van der Waals surface area (Å²) >= 11 is 0. The zero-order chi connectivity index (χ0) is 19.3. The van der Waals surface area contributed by atoms with Crippen molar-refractivity contribution in [2.75, 3.05) is 10.6 Å². The molecule has 0 saturated heterocycles. The van der Waals surface area contributed by atoms with Gasteiger partial charge in [-0.05, 0) is 42.2 Å². The van der Waals surface area contributed by atoms with Gasteiger partial charge >= 0.3 is 0 Å². The van der Waals surface area contributed by atoms with Gasteiger partial charge in [0, 0.05) is 23.7 Å². The largest absolute Gasteiger partial charge is 0.326 e. The van der Waals surface area contributed by atoms with Crippen molar-refractivity contribution >= 4 is 23.2 Å². The number of para-hydroxylation sites is 1. The molecule has 0 spiro atoms. The summed E-state index contributed by atoms with van der Waals surface area (Å²) in [4.78, 5) is 28.4. The molecule has 0 fully saturated rings. The molecule has 2 heterocycles.